The van der Waals surface area contributed by atoms with Gasteiger partial charge in [-0.05, 0) is 43.0 Å². The lowest BCUT2D eigenvalue weighted by Gasteiger charge is -2.13. The van der Waals surface area contributed by atoms with Crippen LogP contribution in [0.15, 0.2) is 48.5 Å². The molecule has 0 aliphatic heterocycles. The summed E-state index contributed by atoms with van der Waals surface area (Å²) in [6.07, 6.45) is 2.40. The van der Waals surface area contributed by atoms with Crippen LogP contribution < -0.4 is 10.6 Å². The van der Waals surface area contributed by atoms with Crippen molar-refractivity contribution in [3.8, 4) is 0 Å². The number of amides is 1. The Labute approximate surface area is 139 Å². The Morgan fingerprint density at radius 1 is 1.00 bits per heavy atom. The zero-order chi connectivity index (χ0) is 16.5. The molecule has 2 aromatic rings. The first-order valence-corrected chi connectivity index (χ1v) is 8.33. The highest BCUT2D eigenvalue weighted by Crippen LogP contribution is 2.21. The number of rotatable bonds is 8. The maximum atomic E-state index is 12.1. The number of benzene rings is 2. The summed E-state index contributed by atoms with van der Waals surface area (Å²) in [5, 5.41) is 6.39. The summed E-state index contributed by atoms with van der Waals surface area (Å²) in [6, 6.07) is 16.5. The van der Waals surface area contributed by atoms with Crippen molar-refractivity contribution in [3.05, 3.63) is 65.2 Å². The zero-order valence-corrected chi connectivity index (χ0v) is 14.1. The van der Waals surface area contributed by atoms with Gasteiger partial charge in [-0.15, -0.1) is 0 Å². The van der Waals surface area contributed by atoms with Crippen molar-refractivity contribution in [2.75, 3.05) is 18.4 Å². The van der Waals surface area contributed by atoms with Gasteiger partial charge in [-0.25, -0.2) is 0 Å². The van der Waals surface area contributed by atoms with Crippen molar-refractivity contribution in [2.24, 2.45) is 0 Å². The summed E-state index contributed by atoms with van der Waals surface area (Å²) in [4.78, 5) is 12.1. The van der Waals surface area contributed by atoms with Crippen LogP contribution in [0.1, 0.15) is 30.0 Å². The monoisotopic (exact) mass is 310 g/mol. The smallest absolute Gasteiger partial charge is 0.225 e. The third-order valence-electron chi connectivity index (χ3n) is 3.97. The molecule has 122 valence electrons. The number of para-hydroxylation sites is 1. The summed E-state index contributed by atoms with van der Waals surface area (Å²) in [5.41, 5.74) is 4.60. The summed E-state index contributed by atoms with van der Waals surface area (Å²) in [7, 11) is 0. The third kappa shape index (κ3) is 5.53. The minimum Gasteiger partial charge on any atom is -0.326 e. The lowest BCUT2D eigenvalue weighted by atomic mass is 10.1. The van der Waals surface area contributed by atoms with Gasteiger partial charge >= 0.3 is 0 Å². The SMILES string of the molecule is CCc1cccc(C)c1NC(=O)CCNCCc1ccccc1. The first-order valence-electron chi connectivity index (χ1n) is 8.33. The Bertz CT molecular complexity index is 623. The van der Waals surface area contributed by atoms with E-state index in [9.17, 15) is 4.79 Å². The molecule has 0 radical (unpaired) electrons. The first kappa shape index (κ1) is 17.2. The van der Waals surface area contributed by atoms with Gasteiger partial charge in [0.1, 0.15) is 0 Å². The second kappa shape index (κ2) is 9.11. The van der Waals surface area contributed by atoms with Crippen molar-refractivity contribution in [1.29, 1.82) is 0 Å². The topological polar surface area (TPSA) is 41.1 Å². The van der Waals surface area contributed by atoms with Gasteiger partial charge in [0, 0.05) is 18.7 Å². The van der Waals surface area contributed by atoms with Crippen molar-refractivity contribution in [3.63, 3.8) is 0 Å². The van der Waals surface area contributed by atoms with Crippen LogP contribution in [0, 0.1) is 6.92 Å². The largest absolute Gasteiger partial charge is 0.326 e. The molecular weight excluding hydrogens is 284 g/mol. The fourth-order valence-electron chi connectivity index (χ4n) is 2.61. The fourth-order valence-corrected chi connectivity index (χ4v) is 2.61. The molecule has 0 saturated heterocycles. The third-order valence-corrected chi connectivity index (χ3v) is 3.97. The molecule has 0 atom stereocenters. The minimum atomic E-state index is 0.0706. The van der Waals surface area contributed by atoms with Gasteiger partial charge in [-0.3, -0.25) is 4.79 Å². The molecule has 2 rings (SSSR count). The molecule has 2 aromatic carbocycles. The molecule has 0 aromatic heterocycles. The van der Waals surface area contributed by atoms with Gasteiger partial charge in [0.2, 0.25) is 5.91 Å². The second-order valence-electron chi connectivity index (χ2n) is 5.75. The molecular formula is C20H26N2O. The van der Waals surface area contributed by atoms with Crippen LogP contribution in [0.5, 0.6) is 0 Å². The van der Waals surface area contributed by atoms with Crippen molar-refractivity contribution >= 4 is 11.6 Å². The minimum absolute atomic E-state index is 0.0706. The van der Waals surface area contributed by atoms with E-state index in [2.05, 4.69) is 47.9 Å². The Morgan fingerprint density at radius 2 is 1.78 bits per heavy atom. The van der Waals surface area contributed by atoms with Gasteiger partial charge in [0.15, 0.2) is 0 Å². The summed E-state index contributed by atoms with van der Waals surface area (Å²) < 4.78 is 0. The van der Waals surface area contributed by atoms with Gasteiger partial charge in [0.25, 0.3) is 0 Å². The highest BCUT2D eigenvalue weighted by molar-refractivity contribution is 5.92. The molecule has 0 fully saturated rings. The normalized spacial score (nSPS) is 10.5. The van der Waals surface area contributed by atoms with E-state index in [0.29, 0.717) is 13.0 Å². The van der Waals surface area contributed by atoms with E-state index in [1.165, 1.54) is 11.1 Å². The van der Waals surface area contributed by atoms with Crippen molar-refractivity contribution in [2.45, 2.75) is 33.1 Å². The van der Waals surface area contributed by atoms with E-state index in [4.69, 9.17) is 0 Å². The molecule has 0 saturated carbocycles. The van der Waals surface area contributed by atoms with Crippen LogP contribution in [-0.4, -0.2) is 19.0 Å². The maximum absolute atomic E-state index is 12.1. The second-order valence-corrected chi connectivity index (χ2v) is 5.75. The van der Waals surface area contributed by atoms with E-state index < -0.39 is 0 Å². The Kier molecular flexibility index (Phi) is 6.82. The number of nitrogens with one attached hydrogen (secondary N) is 2. The van der Waals surface area contributed by atoms with Crippen molar-refractivity contribution in [1.82, 2.24) is 5.32 Å². The Hall–Kier alpha value is -2.13. The maximum Gasteiger partial charge on any atom is 0.225 e. The lowest BCUT2D eigenvalue weighted by molar-refractivity contribution is -0.116. The van der Waals surface area contributed by atoms with E-state index in [-0.39, 0.29) is 5.91 Å². The van der Waals surface area contributed by atoms with Gasteiger partial charge in [-0.2, -0.15) is 0 Å². The van der Waals surface area contributed by atoms with E-state index in [0.717, 1.165) is 30.6 Å². The predicted molar refractivity (Wildman–Crippen MR) is 96.8 cm³/mol. The lowest BCUT2D eigenvalue weighted by Crippen LogP contribution is -2.24. The Balaban J connectivity index is 1.71. The predicted octanol–water partition coefficient (Wildman–Crippen LogP) is 3.72. The highest BCUT2D eigenvalue weighted by atomic mass is 16.1. The van der Waals surface area contributed by atoms with Crippen molar-refractivity contribution < 1.29 is 4.79 Å². The summed E-state index contributed by atoms with van der Waals surface area (Å²) >= 11 is 0. The number of hydrogen-bond donors (Lipinski definition) is 2. The standard InChI is InChI=1S/C20H26N2O/c1-3-18-11-7-8-16(2)20(18)22-19(23)13-15-21-14-12-17-9-5-4-6-10-17/h4-11,21H,3,12-15H2,1-2H3,(H,22,23). The average Bonchev–Trinajstić information content (AvgIpc) is 2.57. The van der Waals surface area contributed by atoms with Crippen LogP contribution in [-0.2, 0) is 17.6 Å². The van der Waals surface area contributed by atoms with E-state index in [1.807, 2.05) is 25.1 Å². The molecule has 0 unspecified atom stereocenters. The number of aryl methyl sites for hydroxylation is 2. The molecule has 0 spiro atoms. The van der Waals surface area contributed by atoms with E-state index in [1.54, 1.807) is 0 Å². The number of hydrogen-bond acceptors (Lipinski definition) is 2. The van der Waals surface area contributed by atoms with Crippen LogP contribution in [0.25, 0.3) is 0 Å². The number of carbonyl (C=O) groups excluding carboxylic acids is 1. The number of anilines is 1. The molecule has 0 aliphatic rings. The average molecular weight is 310 g/mol. The molecule has 0 bridgehead atoms. The Morgan fingerprint density at radius 3 is 2.52 bits per heavy atom. The van der Waals surface area contributed by atoms with Gasteiger partial charge in [-0.1, -0.05) is 55.5 Å². The molecule has 0 aliphatic carbocycles. The summed E-state index contributed by atoms with van der Waals surface area (Å²) in [5.74, 6) is 0.0706. The molecule has 2 N–H and O–H groups in total. The fraction of sp³-hybridized carbons (Fsp3) is 0.350. The molecule has 23 heavy (non-hydrogen) atoms. The first-order chi connectivity index (χ1) is 11.2. The quantitative estimate of drug-likeness (QED) is 0.730. The van der Waals surface area contributed by atoms with Gasteiger partial charge < -0.3 is 10.6 Å². The van der Waals surface area contributed by atoms with Crippen LogP contribution in [0.3, 0.4) is 0 Å². The highest BCUT2D eigenvalue weighted by Gasteiger charge is 2.08. The molecule has 0 heterocycles. The van der Waals surface area contributed by atoms with E-state index >= 15 is 0 Å². The van der Waals surface area contributed by atoms with Crippen LogP contribution >= 0.6 is 0 Å². The zero-order valence-electron chi connectivity index (χ0n) is 14.1. The van der Waals surface area contributed by atoms with Crippen LogP contribution in [0.2, 0.25) is 0 Å². The number of carbonyl (C=O) groups is 1. The van der Waals surface area contributed by atoms with Gasteiger partial charge in [0.05, 0.1) is 0 Å². The molecule has 3 nitrogen and oxygen atoms in total. The summed E-state index contributed by atoms with van der Waals surface area (Å²) in [6.45, 7) is 5.73. The molecule has 1 amide bonds. The van der Waals surface area contributed by atoms with Crippen LogP contribution in [0.4, 0.5) is 5.69 Å². The molecule has 3 heteroatoms.